The molecule has 0 aliphatic carbocycles. The summed E-state index contributed by atoms with van der Waals surface area (Å²) in [6.45, 7) is 3.71. The van der Waals surface area contributed by atoms with E-state index in [1.54, 1.807) is 48.5 Å². The van der Waals surface area contributed by atoms with Crippen LogP contribution in [0.25, 0.3) is 11.1 Å². The number of hydrogen-bond donors (Lipinski definition) is 2. The molecule has 0 atom stereocenters. The molecule has 0 saturated heterocycles. The third kappa shape index (κ3) is 4.92. The molecular formula is C23H19ClN4O3S. The van der Waals surface area contributed by atoms with E-state index in [-0.39, 0.29) is 17.6 Å². The molecule has 0 fully saturated rings. The van der Waals surface area contributed by atoms with Gasteiger partial charge in [-0.2, -0.15) is 4.98 Å². The second kappa shape index (κ2) is 9.42. The molecule has 2 heterocycles. The highest BCUT2D eigenvalue weighted by Crippen LogP contribution is 2.31. The topological polar surface area (TPSA) is 97.1 Å². The molecule has 2 aromatic carbocycles. The lowest BCUT2D eigenvalue weighted by molar-refractivity contribution is -0.113. The summed E-state index contributed by atoms with van der Waals surface area (Å²) in [6.07, 6.45) is 0. The summed E-state index contributed by atoms with van der Waals surface area (Å²) in [5, 5.41) is 7.12. The fraction of sp³-hybridized carbons (Fsp3) is 0.130. The van der Waals surface area contributed by atoms with Crippen LogP contribution in [0.3, 0.4) is 0 Å². The van der Waals surface area contributed by atoms with Gasteiger partial charge in [0.05, 0.1) is 11.1 Å². The van der Waals surface area contributed by atoms with Crippen LogP contribution in [0.4, 0.5) is 11.5 Å². The largest absolute Gasteiger partial charge is 0.443 e. The van der Waals surface area contributed by atoms with Crippen molar-refractivity contribution in [2.24, 2.45) is 0 Å². The van der Waals surface area contributed by atoms with Crippen molar-refractivity contribution in [3.8, 4) is 0 Å². The first-order chi connectivity index (χ1) is 15.4. The Bertz CT molecular complexity index is 1310. The van der Waals surface area contributed by atoms with Gasteiger partial charge in [0.1, 0.15) is 11.6 Å². The van der Waals surface area contributed by atoms with Gasteiger partial charge in [0, 0.05) is 21.8 Å². The van der Waals surface area contributed by atoms with Gasteiger partial charge in [-0.1, -0.05) is 47.6 Å². The maximum Gasteiger partial charge on any atom is 0.256 e. The van der Waals surface area contributed by atoms with E-state index in [0.717, 1.165) is 17.3 Å². The van der Waals surface area contributed by atoms with Gasteiger partial charge in [-0.05, 0) is 44.2 Å². The number of aromatic nitrogens is 2. The maximum absolute atomic E-state index is 12.7. The second-order valence-corrected chi connectivity index (χ2v) is 8.36. The molecule has 0 unspecified atom stereocenters. The summed E-state index contributed by atoms with van der Waals surface area (Å²) < 4.78 is 5.75. The van der Waals surface area contributed by atoms with Crippen LogP contribution < -0.4 is 10.6 Å². The predicted octanol–water partition coefficient (Wildman–Crippen LogP) is 5.48. The number of nitrogens with zero attached hydrogens (tertiary/aromatic N) is 2. The lowest BCUT2D eigenvalue weighted by Crippen LogP contribution is -2.15. The lowest BCUT2D eigenvalue weighted by atomic mass is 10.2. The second-order valence-electron chi connectivity index (χ2n) is 6.99. The third-order valence-electron chi connectivity index (χ3n) is 4.72. The molecule has 4 rings (SSSR count). The van der Waals surface area contributed by atoms with Crippen LogP contribution in [-0.2, 0) is 4.79 Å². The first-order valence-electron chi connectivity index (χ1n) is 9.73. The number of carbonyl (C=O) groups is 2. The standard InChI is InChI=1S/C23H19ClN4O3S/c1-13-14(2)31-22-19(13)20(26-21(30)15-7-4-3-5-8-15)27-23(28-22)32-12-18(29)25-17-10-6-9-16(24)11-17/h3-11H,12H2,1-2H3,(H,25,29)(H,26,27,28,30). The molecule has 0 spiro atoms. The van der Waals surface area contributed by atoms with Crippen molar-refractivity contribution in [2.75, 3.05) is 16.4 Å². The summed E-state index contributed by atoms with van der Waals surface area (Å²) in [5.74, 6) is 0.574. The van der Waals surface area contributed by atoms with Crippen molar-refractivity contribution in [1.82, 2.24) is 9.97 Å². The average molecular weight is 467 g/mol. The van der Waals surface area contributed by atoms with Crippen LogP contribution >= 0.6 is 23.4 Å². The van der Waals surface area contributed by atoms with E-state index >= 15 is 0 Å². The Morgan fingerprint density at radius 1 is 1.03 bits per heavy atom. The van der Waals surface area contributed by atoms with E-state index in [0.29, 0.717) is 44.1 Å². The summed E-state index contributed by atoms with van der Waals surface area (Å²) in [5.41, 5.74) is 2.31. The van der Waals surface area contributed by atoms with E-state index < -0.39 is 0 Å². The van der Waals surface area contributed by atoms with Crippen LogP contribution in [0.5, 0.6) is 0 Å². The highest BCUT2D eigenvalue weighted by atomic mass is 35.5. The molecule has 7 nitrogen and oxygen atoms in total. The summed E-state index contributed by atoms with van der Waals surface area (Å²) in [6, 6.07) is 15.8. The molecule has 2 aromatic heterocycles. The number of furan rings is 1. The first-order valence-corrected chi connectivity index (χ1v) is 11.1. The van der Waals surface area contributed by atoms with Crippen molar-refractivity contribution >= 4 is 57.8 Å². The lowest BCUT2D eigenvalue weighted by Gasteiger charge is -2.08. The monoisotopic (exact) mass is 466 g/mol. The molecule has 0 aliphatic rings. The van der Waals surface area contributed by atoms with E-state index in [9.17, 15) is 9.59 Å². The van der Waals surface area contributed by atoms with Gasteiger partial charge in [0.2, 0.25) is 11.6 Å². The average Bonchev–Trinajstić information content (AvgIpc) is 3.06. The van der Waals surface area contributed by atoms with E-state index in [4.69, 9.17) is 16.0 Å². The van der Waals surface area contributed by atoms with Crippen molar-refractivity contribution in [3.05, 3.63) is 76.5 Å². The number of nitrogens with one attached hydrogen (secondary N) is 2. The van der Waals surface area contributed by atoms with Gasteiger partial charge in [0.15, 0.2) is 5.16 Å². The van der Waals surface area contributed by atoms with E-state index in [1.165, 1.54) is 0 Å². The fourth-order valence-corrected chi connectivity index (χ4v) is 3.87. The molecule has 0 saturated carbocycles. The molecular weight excluding hydrogens is 448 g/mol. The van der Waals surface area contributed by atoms with Gasteiger partial charge in [-0.3, -0.25) is 9.59 Å². The Balaban J connectivity index is 1.55. The Morgan fingerprint density at radius 2 is 1.81 bits per heavy atom. The number of thioether (sulfide) groups is 1. The van der Waals surface area contributed by atoms with Crippen LogP contribution in [0.15, 0.2) is 64.2 Å². The summed E-state index contributed by atoms with van der Waals surface area (Å²) in [7, 11) is 0. The van der Waals surface area contributed by atoms with E-state index in [2.05, 4.69) is 20.6 Å². The van der Waals surface area contributed by atoms with Crippen LogP contribution in [0.1, 0.15) is 21.7 Å². The number of rotatable bonds is 6. The SMILES string of the molecule is Cc1oc2nc(SCC(=O)Nc3cccc(Cl)c3)nc(NC(=O)c3ccccc3)c2c1C. The quantitative estimate of drug-likeness (QED) is 0.288. The molecule has 2 amide bonds. The Hall–Kier alpha value is -3.36. The van der Waals surface area contributed by atoms with Crippen molar-refractivity contribution < 1.29 is 14.0 Å². The number of anilines is 2. The highest BCUT2D eigenvalue weighted by Gasteiger charge is 2.19. The zero-order valence-electron chi connectivity index (χ0n) is 17.3. The molecule has 9 heteroatoms. The van der Waals surface area contributed by atoms with Crippen LogP contribution in [0.2, 0.25) is 5.02 Å². The molecule has 4 aromatic rings. The number of benzene rings is 2. The van der Waals surface area contributed by atoms with Crippen LogP contribution in [0, 0.1) is 13.8 Å². The number of halogens is 1. The predicted molar refractivity (Wildman–Crippen MR) is 126 cm³/mol. The minimum atomic E-state index is -0.293. The van der Waals surface area contributed by atoms with E-state index in [1.807, 2.05) is 19.9 Å². The molecule has 162 valence electrons. The highest BCUT2D eigenvalue weighted by molar-refractivity contribution is 7.99. The minimum absolute atomic E-state index is 0.0722. The Morgan fingerprint density at radius 3 is 2.56 bits per heavy atom. The smallest absolute Gasteiger partial charge is 0.256 e. The van der Waals surface area contributed by atoms with Gasteiger partial charge >= 0.3 is 0 Å². The maximum atomic E-state index is 12.7. The number of aryl methyl sites for hydroxylation is 2. The molecule has 0 aliphatic heterocycles. The Kier molecular flexibility index (Phi) is 6.43. The molecule has 0 bridgehead atoms. The minimum Gasteiger partial charge on any atom is -0.443 e. The first kappa shape index (κ1) is 21.9. The van der Waals surface area contributed by atoms with Crippen molar-refractivity contribution in [1.29, 1.82) is 0 Å². The summed E-state index contributed by atoms with van der Waals surface area (Å²) in [4.78, 5) is 34.0. The van der Waals surface area contributed by atoms with Gasteiger partial charge < -0.3 is 15.1 Å². The zero-order valence-corrected chi connectivity index (χ0v) is 18.9. The number of hydrogen-bond acceptors (Lipinski definition) is 6. The number of carbonyl (C=O) groups excluding carboxylic acids is 2. The Labute approximate surface area is 193 Å². The number of fused-ring (bicyclic) bond motifs is 1. The molecule has 0 radical (unpaired) electrons. The summed E-state index contributed by atoms with van der Waals surface area (Å²) >= 11 is 7.09. The van der Waals surface area contributed by atoms with Crippen molar-refractivity contribution in [3.63, 3.8) is 0 Å². The normalized spacial score (nSPS) is 10.8. The van der Waals surface area contributed by atoms with Crippen molar-refractivity contribution in [2.45, 2.75) is 19.0 Å². The van der Waals surface area contributed by atoms with Gasteiger partial charge in [-0.25, -0.2) is 4.98 Å². The number of amides is 2. The third-order valence-corrected chi connectivity index (χ3v) is 5.80. The zero-order chi connectivity index (χ0) is 22.7. The van der Waals surface area contributed by atoms with Gasteiger partial charge in [0.25, 0.3) is 5.91 Å². The van der Waals surface area contributed by atoms with Crippen LogP contribution in [-0.4, -0.2) is 27.5 Å². The fourth-order valence-electron chi connectivity index (χ4n) is 3.05. The molecule has 2 N–H and O–H groups in total. The molecule has 32 heavy (non-hydrogen) atoms. The van der Waals surface area contributed by atoms with Gasteiger partial charge in [-0.15, -0.1) is 0 Å².